The first kappa shape index (κ1) is 12.6. The fraction of sp³-hybridized carbons (Fsp3) is 0.333. The van der Waals surface area contributed by atoms with Gasteiger partial charge >= 0.3 is 0 Å². The number of hydrogen-bond donors (Lipinski definition) is 1. The highest BCUT2D eigenvalue weighted by molar-refractivity contribution is 9.09. The van der Waals surface area contributed by atoms with Gasteiger partial charge in [-0.2, -0.15) is 0 Å². The molecule has 0 heterocycles. The number of alkyl halides is 1. The first-order valence-electron chi connectivity index (χ1n) is 4.31. The second kappa shape index (κ2) is 5.05. The Morgan fingerprint density at radius 1 is 1.40 bits per heavy atom. The second-order valence-electron chi connectivity index (χ2n) is 3.09. The highest BCUT2D eigenvalue weighted by atomic mass is 79.9. The third-order valence-electron chi connectivity index (χ3n) is 1.68. The molecule has 1 aromatic carbocycles. The minimum Gasteiger partial charge on any atom is -0.210 e. The van der Waals surface area contributed by atoms with E-state index >= 15 is 0 Å². The normalized spacial score (nSPS) is 13.8. The molecule has 0 saturated carbocycles. The van der Waals surface area contributed by atoms with Crippen LogP contribution in [0.3, 0.4) is 0 Å². The fourth-order valence-corrected chi connectivity index (χ4v) is 2.43. The summed E-state index contributed by atoms with van der Waals surface area (Å²) in [7, 11) is -3.52. The van der Waals surface area contributed by atoms with Crippen LogP contribution in [-0.2, 0) is 10.0 Å². The van der Waals surface area contributed by atoms with Gasteiger partial charge in [0.15, 0.2) is 0 Å². The first-order chi connectivity index (χ1) is 6.92. The lowest BCUT2D eigenvalue weighted by atomic mass is 10.4. The van der Waals surface area contributed by atoms with Crippen LogP contribution < -0.4 is 4.72 Å². The minimum atomic E-state index is -3.52. The van der Waals surface area contributed by atoms with E-state index in [1.54, 1.807) is 0 Å². The SMILES string of the molecule is CC(Br)CNS(=O)(=O)c1ccc(F)cc1. The Morgan fingerprint density at radius 2 is 1.93 bits per heavy atom. The standard InChI is InChI=1S/C9H11BrFNO2S/c1-7(10)6-12-15(13,14)9-4-2-8(11)3-5-9/h2-5,7,12H,6H2,1H3. The number of nitrogens with one attached hydrogen (secondary N) is 1. The summed E-state index contributed by atoms with van der Waals surface area (Å²) in [6.45, 7) is 2.12. The maximum atomic E-state index is 12.6. The van der Waals surface area contributed by atoms with E-state index in [2.05, 4.69) is 20.7 Å². The quantitative estimate of drug-likeness (QED) is 0.862. The van der Waals surface area contributed by atoms with Crippen LogP contribution in [0, 0.1) is 5.82 Å². The smallest absolute Gasteiger partial charge is 0.210 e. The zero-order chi connectivity index (χ0) is 11.5. The zero-order valence-corrected chi connectivity index (χ0v) is 10.5. The Morgan fingerprint density at radius 3 is 2.40 bits per heavy atom. The summed E-state index contributed by atoms with van der Waals surface area (Å²) in [5, 5.41) is 0. The lowest BCUT2D eigenvalue weighted by Gasteiger charge is -2.07. The summed E-state index contributed by atoms with van der Waals surface area (Å²) < 4.78 is 38.2. The number of halogens is 2. The molecule has 1 N–H and O–H groups in total. The molecule has 84 valence electrons. The summed E-state index contributed by atoms with van der Waals surface area (Å²) in [6.07, 6.45) is 0. The molecule has 0 amide bonds. The third-order valence-corrected chi connectivity index (χ3v) is 3.44. The molecule has 0 spiro atoms. The van der Waals surface area contributed by atoms with Crippen molar-refractivity contribution in [2.75, 3.05) is 6.54 Å². The molecule has 1 aromatic rings. The van der Waals surface area contributed by atoms with Crippen LogP contribution in [0.1, 0.15) is 6.92 Å². The van der Waals surface area contributed by atoms with E-state index in [0.717, 1.165) is 12.1 Å². The molecule has 15 heavy (non-hydrogen) atoms. The molecule has 0 saturated heterocycles. The van der Waals surface area contributed by atoms with E-state index in [1.165, 1.54) is 12.1 Å². The molecule has 0 radical (unpaired) electrons. The van der Waals surface area contributed by atoms with Crippen LogP contribution in [0.15, 0.2) is 29.2 Å². The van der Waals surface area contributed by atoms with Gasteiger partial charge in [-0.15, -0.1) is 0 Å². The van der Waals surface area contributed by atoms with Gasteiger partial charge in [0.25, 0.3) is 0 Å². The Kier molecular flexibility index (Phi) is 4.24. The number of benzene rings is 1. The maximum absolute atomic E-state index is 12.6. The monoisotopic (exact) mass is 295 g/mol. The van der Waals surface area contributed by atoms with E-state index in [-0.39, 0.29) is 9.72 Å². The molecule has 1 unspecified atom stereocenters. The summed E-state index contributed by atoms with van der Waals surface area (Å²) in [6, 6.07) is 4.70. The van der Waals surface area contributed by atoms with Crippen molar-refractivity contribution in [2.24, 2.45) is 0 Å². The highest BCUT2D eigenvalue weighted by Gasteiger charge is 2.13. The zero-order valence-electron chi connectivity index (χ0n) is 8.07. The highest BCUT2D eigenvalue weighted by Crippen LogP contribution is 2.09. The van der Waals surface area contributed by atoms with Gasteiger partial charge < -0.3 is 0 Å². The first-order valence-corrected chi connectivity index (χ1v) is 6.71. The molecular weight excluding hydrogens is 285 g/mol. The predicted molar refractivity (Wildman–Crippen MR) is 60.0 cm³/mol. The second-order valence-corrected chi connectivity index (χ2v) is 6.42. The van der Waals surface area contributed by atoms with Crippen LogP contribution in [0.2, 0.25) is 0 Å². The van der Waals surface area contributed by atoms with Gasteiger partial charge in [0.05, 0.1) is 4.90 Å². The molecule has 0 bridgehead atoms. The molecule has 0 fully saturated rings. The third kappa shape index (κ3) is 3.89. The fourth-order valence-electron chi connectivity index (χ4n) is 0.922. The van der Waals surface area contributed by atoms with E-state index < -0.39 is 15.8 Å². The minimum absolute atomic E-state index is 0.0488. The van der Waals surface area contributed by atoms with Crippen LogP contribution >= 0.6 is 15.9 Å². The van der Waals surface area contributed by atoms with Crippen molar-refractivity contribution >= 4 is 26.0 Å². The van der Waals surface area contributed by atoms with Gasteiger partial charge in [-0.25, -0.2) is 17.5 Å². The average Bonchev–Trinajstić information content (AvgIpc) is 2.16. The van der Waals surface area contributed by atoms with E-state index in [9.17, 15) is 12.8 Å². The van der Waals surface area contributed by atoms with Gasteiger partial charge in [0.1, 0.15) is 5.82 Å². The number of hydrogen-bond acceptors (Lipinski definition) is 2. The molecular formula is C9H11BrFNO2S. The van der Waals surface area contributed by atoms with Gasteiger partial charge in [-0.1, -0.05) is 22.9 Å². The lowest BCUT2D eigenvalue weighted by Crippen LogP contribution is -2.28. The largest absolute Gasteiger partial charge is 0.240 e. The Hall–Kier alpha value is -0.460. The lowest BCUT2D eigenvalue weighted by molar-refractivity contribution is 0.581. The summed E-state index contributed by atoms with van der Waals surface area (Å²) >= 11 is 3.22. The van der Waals surface area contributed by atoms with E-state index in [0.29, 0.717) is 6.54 Å². The van der Waals surface area contributed by atoms with E-state index in [1.807, 2.05) is 6.92 Å². The van der Waals surface area contributed by atoms with Crippen molar-refractivity contribution in [3.8, 4) is 0 Å². The van der Waals surface area contributed by atoms with Crippen molar-refractivity contribution in [3.05, 3.63) is 30.1 Å². The van der Waals surface area contributed by atoms with Crippen molar-refractivity contribution in [1.29, 1.82) is 0 Å². The van der Waals surface area contributed by atoms with Gasteiger partial charge in [-0.05, 0) is 24.3 Å². The van der Waals surface area contributed by atoms with Gasteiger partial charge in [0, 0.05) is 11.4 Å². The van der Waals surface area contributed by atoms with Crippen molar-refractivity contribution in [3.63, 3.8) is 0 Å². The topological polar surface area (TPSA) is 46.2 Å². The molecule has 0 aliphatic carbocycles. The Labute approximate surface area is 96.9 Å². The number of sulfonamides is 1. The van der Waals surface area contributed by atoms with Gasteiger partial charge in [-0.3, -0.25) is 0 Å². The Bertz CT molecular complexity index is 416. The van der Waals surface area contributed by atoms with Gasteiger partial charge in [0.2, 0.25) is 10.0 Å². The van der Waals surface area contributed by atoms with E-state index in [4.69, 9.17) is 0 Å². The molecule has 3 nitrogen and oxygen atoms in total. The molecule has 1 rings (SSSR count). The molecule has 0 aromatic heterocycles. The molecule has 0 aliphatic heterocycles. The predicted octanol–water partition coefficient (Wildman–Crippen LogP) is 1.89. The molecule has 6 heteroatoms. The van der Waals surface area contributed by atoms with Crippen molar-refractivity contribution in [2.45, 2.75) is 16.6 Å². The van der Waals surface area contributed by atoms with Crippen LogP contribution in [0.5, 0.6) is 0 Å². The molecule has 1 atom stereocenters. The summed E-state index contributed by atoms with van der Waals surface area (Å²) in [5.41, 5.74) is 0. The Balaban J connectivity index is 2.82. The van der Waals surface area contributed by atoms with Crippen molar-refractivity contribution < 1.29 is 12.8 Å². The number of rotatable bonds is 4. The molecule has 0 aliphatic rings. The average molecular weight is 296 g/mol. The van der Waals surface area contributed by atoms with Crippen LogP contribution in [-0.4, -0.2) is 19.8 Å². The van der Waals surface area contributed by atoms with Crippen molar-refractivity contribution in [1.82, 2.24) is 4.72 Å². The maximum Gasteiger partial charge on any atom is 0.240 e. The summed E-state index contributed by atoms with van der Waals surface area (Å²) in [5.74, 6) is -0.456. The van der Waals surface area contributed by atoms with Crippen LogP contribution in [0.25, 0.3) is 0 Å². The summed E-state index contributed by atoms with van der Waals surface area (Å²) in [4.78, 5) is 0.116. The van der Waals surface area contributed by atoms with Crippen LogP contribution in [0.4, 0.5) is 4.39 Å².